The highest BCUT2D eigenvalue weighted by Gasteiger charge is 2.12. The minimum absolute atomic E-state index is 0.667. The summed E-state index contributed by atoms with van der Waals surface area (Å²) in [7, 11) is 6.54. The second-order valence-corrected chi connectivity index (χ2v) is 8.14. The third-order valence-electron chi connectivity index (χ3n) is 5.68. The van der Waals surface area contributed by atoms with Crippen LogP contribution in [-0.2, 0) is 4.74 Å². The molecule has 0 heterocycles. The van der Waals surface area contributed by atoms with Crippen LogP contribution in [-0.4, -0.2) is 28.4 Å². The molecule has 0 amide bonds. The summed E-state index contributed by atoms with van der Waals surface area (Å²) < 4.78 is 28.6. The van der Waals surface area contributed by atoms with Gasteiger partial charge in [0.05, 0.1) is 28.4 Å². The normalized spacial score (nSPS) is 11.6. The first kappa shape index (κ1) is 25.5. The lowest BCUT2D eigenvalue weighted by atomic mass is 10.1. The minimum Gasteiger partial charge on any atom is -0.497 e. The van der Waals surface area contributed by atoms with E-state index in [1.165, 1.54) is 0 Å². The Morgan fingerprint density at radius 2 is 0.784 bits per heavy atom. The lowest BCUT2D eigenvalue weighted by Crippen LogP contribution is -1.95. The van der Waals surface area contributed by atoms with Gasteiger partial charge in [-0.25, -0.2) is 0 Å². The van der Waals surface area contributed by atoms with Crippen molar-refractivity contribution in [1.29, 1.82) is 0 Å². The zero-order valence-corrected chi connectivity index (χ0v) is 21.4. The number of rotatable bonds is 10. The van der Waals surface area contributed by atoms with Crippen molar-refractivity contribution in [2.75, 3.05) is 28.4 Å². The number of hydrogen-bond donors (Lipinski definition) is 0. The molecule has 0 radical (unpaired) electrons. The van der Waals surface area contributed by atoms with Gasteiger partial charge in [0, 0.05) is 23.3 Å². The molecule has 0 aromatic heterocycles. The first-order valence-corrected chi connectivity index (χ1v) is 11.8. The van der Waals surface area contributed by atoms with E-state index in [1.54, 1.807) is 28.4 Å². The van der Waals surface area contributed by atoms with Crippen LogP contribution < -0.4 is 18.9 Å². The summed E-state index contributed by atoms with van der Waals surface area (Å²) in [5, 5.41) is 0. The fraction of sp³-hybridized carbons (Fsp3) is 0.125. The predicted octanol–water partition coefficient (Wildman–Crippen LogP) is 7.43. The van der Waals surface area contributed by atoms with E-state index in [4.69, 9.17) is 23.7 Å². The minimum atomic E-state index is 0.667. The maximum atomic E-state index is 6.68. The molecule has 0 bridgehead atoms. The van der Waals surface area contributed by atoms with Crippen molar-refractivity contribution >= 4 is 23.7 Å². The second-order valence-electron chi connectivity index (χ2n) is 8.14. The molecule has 0 saturated heterocycles. The molecule has 0 saturated carbocycles. The molecule has 0 unspecified atom stereocenters. The van der Waals surface area contributed by atoms with Gasteiger partial charge in [0.1, 0.15) is 34.5 Å². The topological polar surface area (TPSA) is 46.2 Å². The highest BCUT2D eigenvalue weighted by atomic mass is 16.5. The molecule has 0 aliphatic rings. The molecule has 0 fully saturated rings. The molecule has 0 aliphatic heterocycles. The largest absolute Gasteiger partial charge is 0.497 e. The molecular weight excluding hydrogens is 464 g/mol. The van der Waals surface area contributed by atoms with Crippen molar-refractivity contribution in [1.82, 2.24) is 0 Å². The summed E-state index contributed by atoms with van der Waals surface area (Å²) in [6, 6.07) is 31.4. The average molecular weight is 495 g/mol. The van der Waals surface area contributed by atoms with Crippen molar-refractivity contribution in [2.45, 2.75) is 0 Å². The molecular formula is C32H30O5. The Kier molecular flexibility index (Phi) is 8.50. The van der Waals surface area contributed by atoms with Gasteiger partial charge in [-0.2, -0.15) is 0 Å². The molecule has 5 nitrogen and oxygen atoms in total. The predicted molar refractivity (Wildman–Crippen MR) is 149 cm³/mol. The van der Waals surface area contributed by atoms with Gasteiger partial charge >= 0.3 is 0 Å². The van der Waals surface area contributed by atoms with Crippen LogP contribution in [0.1, 0.15) is 22.3 Å². The zero-order valence-electron chi connectivity index (χ0n) is 21.4. The summed E-state index contributed by atoms with van der Waals surface area (Å²) in [6.45, 7) is 0. The molecule has 0 N–H and O–H groups in total. The molecule has 4 aromatic rings. The number of hydrogen-bond acceptors (Lipinski definition) is 5. The monoisotopic (exact) mass is 494 g/mol. The molecule has 0 aliphatic carbocycles. The number of benzene rings is 4. The Hall–Kier alpha value is -4.64. The molecule has 0 spiro atoms. The van der Waals surface area contributed by atoms with Gasteiger partial charge in [-0.15, -0.1) is 0 Å². The highest BCUT2D eigenvalue weighted by Crippen LogP contribution is 2.32. The van der Waals surface area contributed by atoms with Gasteiger partial charge in [-0.3, -0.25) is 0 Å². The lowest BCUT2D eigenvalue weighted by Gasteiger charge is -2.16. The van der Waals surface area contributed by atoms with Crippen molar-refractivity contribution in [3.8, 4) is 23.0 Å². The lowest BCUT2D eigenvalue weighted by molar-refractivity contribution is 0.394. The van der Waals surface area contributed by atoms with E-state index < -0.39 is 0 Å². The Balaban J connectivity index is 1.85. The molecule has 5 heteroatoms. The van der Waals surface area contributed by atoms with E-state index in [2.05, 4.69) is 0 Å². The summed E-state index contributed by atoms with van der Waals surface area (Å²) in [4.78, 5) is 0. The maximum Gasteiger partial charge on any atom is 0.135 e. The van der Waals surface area contributed by atoms with Gasteiger partial charge in [0.2, 0.25) is 0 Å². The van der Waals surface area contributed by atoms with Crippen molar-refractivity contribution in [3.63, 3.8) is 0 Å². The summed E-state index contributed by atoms with van der Waals surface area (Å²) in [5.41, 5.74) is 3.61. The Bertz CT molecular complexity index is 1220. The quantitative estimate of drug-likeness (QED) is 0.169. The van der Waals surface area contributed by atoms with Crippen LogP contribution in [0.25, 0.3) is 23.7 Å². The number of ether oxygens (including phenoxy) is 5. The van der Waals surface area contributed by atoms with E-state index in [1.807, 2.05) is 109 Å². The SMILES string of the molecule is COc1cc(C=C(OC(=Cc2cc(OC)cc(OC)c2)c2ccccc2)c2ccccc2)cc(OC)c1. The van der Waals surface area contributed by atoms with Crippen LogP contribution in [0.2, 0.25) is 0 Å². The van der Waals surface area contributed by atoms with Crippen molar-refractivity contribution in [3.05, 3.63) is 119 Å². The summed E-state index contributed by atoms with van der Waals surface area (Å²) >= 11 is 0. The fourth-order valence-corrected chi connectivity index (χ4v) is 3.80. The van der Waals surface area contributed by atoms with Crippen LogP contribution >= 0.6 is 0 Å². The molecule has 4 aromatic carbocycles. The molecule has 188 valence electrons. The summed E-state index contributed by atoms with van der Waals surface area (Å²) in [6.07, 6.45) is 3.95. The van der Waals surface area contributed by atoms with E-state index in [-0.39, 0.29) is 0 Å². The Morgan fingerprint density at radius 3 is 1.08 bits per heavy atom. The third kappa shape index (κ3) is 6.73. The smallest absolute Gasteiger partial charge is 0.135 e. The van der Waals surface area contributed by atoms with Crippen LogP contribution in [0.4, 0.5) is 0 Å². The Labute approximate surface area is 218 Å². The van der Waals surface area contributed by atoms with Gasteiger partial charge in [-0.1, -0.05) is 60.7 Å². The summed E-state index contributed by atoms with van der Waals surface area (Å²) in [5.74, 6) is 4.11. The molecule has 0 atom stereocenters. The maximum absolute atomic E-state index is 6.68. The first-order valence-electron chi connectivity index (χ1n) is 11.8. The third-order valence-corrected chi connectivity index (χ3v) is 5.68. The molecule has 37 heavy (non-hydrogen) atoms. The van der Waals surface area contributed by atoms with Gasteiger partial charge in [0.15, 0.2) is 0 Å². The molecule has 4 rings (SSSR count). The second kappa shape index (κ2) is 12.4. The van der Waals surface area contributed by atoms with E-state index in [0.29, 0.717) is 34.5 Å². The van der Waals surface area contributed by atoms with Crippen molar-refractivity contribution in [2.24, 2.45) is 0 Å². The van der Waals surface area contributed by atoms with Crippen LogP contribution in [0.15, 0.2) is 97.1 Å². The average Bonchev–Trinajstić information content (AvgIpc) is 2.96. The van der Waals surface area contributed by atoms with Gasteiger partial charge < -0.3 is 23.7 Å². The fourth-order valence-electron chi connectivity index (χ4n) is 3.80. The standard InChI is InChI=1S/C32H30O5/c1-33-27-15-23(16-28(21-27)34-2)19-31(25-11-7-5-8-12-25)37-32(26-13-9-6-10-14-26)20-24-17-29(35-3)22-30(18-24)36-4/h5-22H,1-4H3. The first-order chi connectivity index (χ1) is 18.1. The van der Waals surface area contributed by atoms with E-state index in [9.17, 15) is 0 Å². The van der Waals surface area contributed by atoms with Crippen LogP contribution in [0, 0.1) is 0 Å². The van der Waals surface area contributed by atoms with Gasteiger partial charge in [-0.05, 0) is 47.5 Å². The van der Waals surface area contributed by atoms with Crippen molar-refractivity contribution < 1.29 is 23.7 Å². The zero-order chi connectivity index (χ0) is 26.0. The van der Waals surface area contributed by atoms with E-state index >= 15 is 0 Å². The van der Waals surface area contributed by atoms with E-state index in [0.717, 1.165) is 22.3 Å². The number of methoxy groups -OCH3 is 4. The highest BCUT2D eigenvalue weighted by molar-refractivity contribution is 5.86. The van der Waals surface area contributed by atoms with Gasteiger partial charge in [0.25, 0.3) is 0 Å². The van der Waals surface area contributed by atoms with Crippen LogP contribution in [0.3, 0.4) is 0 Å². The Morgan fingerprint density at radius 1 is 0.459 bits per heavy atom. The van der Waals surface area contributed by atoms with Crippen LogP contribution in [0.5, 0.6) is 23.0 Å².